The zero-order valence-electron chi connectivity index (χ0n) is 21.0. The minimum absolute atomic E-state index is 0.0191. The van der Waals surface area contributed by atoms with Gasteiger partial charge in [-0.25, -0.2) is 22.7 Å². The van der Waals surface area contributed by atoms with E-state index in [1.807, 2.05) is 24.0 Å². The molecule has 3 heterocycles. The number of halogens is 2. The number of hydrogen-bond donors (Lipinski definition) is 0. The number of carbonyl (C=O) groups excluding carboxylic acids is 1. The van der Waals surface area contributed by atoms with Crippen molar-refractivity contribution < 1.29 is 13.2 Å². The number of sulfonamides is 1. The van der Waals surface area contributed by atoms with Gasteiger partial charge in [0.05, 0.1) is 16.3 Å². The van der Waals surface area contributed by atoms with Crippen molar-refractivity contribution in [3.05, 3.63) is 57.1 Å². The molecule has 196 valence electrons. The number of carbonyl (C=O) groups is 1. The van der Waals surface area contributed by atoms with Crippen molar-refractivity contribution in [2.75, 3.05) is 39.5 Å². The van der Waals surface area contributed by atoms with Crippen LogP contribution < -0.4 is 0 Å². The Morgan fingerprint density at radius 2 is 1.81 bits per heavy atom. The van der Waals surface area contributed by atoms with Crippen LogP contribution in [-0.2, 0) is 22.9 Å². The third-order valence-electron chi connectivity index (χ3n) is 7.53. The van der Waals surface area contributed by atoms with E-state index in [4.69, 9.17) is 23.2 Å². The first-order valence-electron chi connectivity index (χ1n) is 12.3. The van der Waals surface area contributed by atoms with E-state index in [1.54, 1.807) is 13.1 Å². The van der Waals surface area contributed by atoms with Gasteiger partial charge in [0, 0.05) is 56.6 Å². The average molecular weight is 555 g/mol. The molecule has 1 atom stereocenters. The van der Waals surface area contributed by atoms with Gasteiger partial charge in [-0.2, -0.15) is 0 Å². The van der Waals surface area contributed by atoms with Gasteiger partial charge in [0.15, 0.2) is 0 Å². The number of rotatable bonds is 7. The van der Waals surface area contributed by atoms with Crippen LogP contribution in [0.25, 0.3) is 0 Å². The van der Waals surface area contributed by atoms with E-state index in [1.165, 1.54) is 16.9 Å². The maximum absolute atomic E-state index is 13.3. The highest BCUT2D eigenvalue weighted by Gasteiger charge is 2.35. The predicted molar refractivity (Wildman–Crippen MR) is 142 cm³/mol. The molecule has 0 bridgehead atoms. The molecule has 0 spiro atoms. The van der Waals surface area contributed by atoms with E-state index >= 15 is 0 Å². The Kier molecular flexibility index (Phi) is 8.56. The highest BCUT2D eigenvalue weighted by Crippen LogP contribution is 2.26. The van der Waals surface area contributed by atoms with Crippen molar-refractivity contribution in [3.63, 3.8) is 0 Å². The molecule has 8 nitrogen and oxygen atoms in total. The predicted octanol–water partition coefficient (Wildman–Crippen LogP) is 3.45. The molecule has 0 unspecified atom stereocenters. The van der Waals surface area contributed by atoms with Crippen LogP contribution in [0.3, 0.4) is 0 Å². The summed E-state index contributed by atoms with van der Waals surface area (Å²) >= 11 is 12.1. The molecule has 2 aliphatic heterocycles. The van der Waals surface area contributed by atoms with Crippen molar-refractivity contribution in [2.24, 2.45) is 0 Å². The molecule has 0 radical (unpaired) electrons. The molecule has 1 amide bonds. The highest BCUT2D eigenvalue weighted by atomic mass is 35.5. The molecule has 2 aromatic rings. The van der Waals surface area contributed by atoms with Crippen LogP contribution >= 0.6 is 23.2 Å². The Morgan fingerprint density at radius 3 is 2.47 bits per heavy atom. The second kappa shape index (κ2) is 11.3. The Balaban J connectivity index is 1.34. The maximum Gasteiger partial charge on any atom is 0.272 e. The number of likely N-dealkylation sites (N-methyl/N-ethyl adjacent to an activating group) is 1. The quantitative estimate of drug-likeness (QED) is 0.521. The Morgan fingerprint density at radius 1 is 1.08 bits per heavy atom. The molecule has 1 aromatic heterocycles. The average Bonchev–Trinajstić information content (AvgIpc) is 3.34. The van der Waals surface area contributed by atoms with Gasteiger partial charge in [-0.15, -0.1) is 0 Å². The van der Waals surface area contributed by atoms with E-state index < -0.39 is 10.0 Å². The summed E-state index contributed by atoms with van der Waals surface area (Å²) in [5, 5.41) is 1.06. The molecular weight excluding hydrogens is 521 g/mol. The van der Waals surface area contributed by atoms with Crippen molar-refractivity contribution >= 4 is 39.1 Å². The van der Waals surface area contributed by atoms with E-state index in [0.29, 0.717) is 41.3 Å². The topological polar surface area (TPSA) is 86.7 Å². The molecule has 4 rings (SSSR count). The normalized spacial score (nSPS) is 19.8. The summed E-state index contributed by atoms with van der Waals surface area (Å²) < 4.78 is 25.3. The number of benzene rings is 1. The molecule has 1 aromatic carbocycles. The van der Waals surface area contributed by atoms with Gasteiger partial charge >= 0.3 is 0 Å². The summed E-state index contributed by atoms with van der Waals surface area (Å²) in [7, 11) is -1.53. The van der Waals surface area contributed by atoms with Crippen LogP contribution in [0, 0.1) is 6.92 Å². The van der Waals surface area contributed by atoms with Crippen LogP contribution in [0.4, 0.5) is 0 Å². The molecular formula is C25H33Cl2N5O3S. The maximum atomic E-state index is 13.3. The van der Waals surface area contributed by atoms with Crippen molar-refractivity contribution in [1.82, 2.24) is 24.1 Å². The number of hydrogen-bond acceptors (Lipinski definition) is 6. The van der Waals surface area contributed by atoms with Gasteiger partial charge in [0.25, 0.3) is 5.91 Å². The lowest BCUT2D eigenvalue weighted by molar-refractivity contribution is 0.0633. The summed E-state index contributed by atoms with van der Waals surface area (Å²) in [5.74, 6) is -0.0553. The summed E-state index contributed by atoms with van der Waals surface area (Å²) in [5.41, 5.74) is 3.19. The largest absolute Gasteiger partial charge is 0.337 e. The minimum Gasteiger partial charge on any atom is -0.337 e. The lowest BCUT2D eigenvalue weighted by Crippen LogP contribution is -2.47. The summed E-state index contributed by atoms with van der Waals surface area (Å²) in [6.07, 6.45) is 6.72. The molecule has 36 heavy (non-hydrogen) atoms. The number of amides is 1. The van der Waals surface area contributed by atoms with Crippen molar-refractivity contribution in [2.45, 2.75) is 51.1 Å². The Hall–Kier alpha value is -1.78. The number of aryl methyl sites for hydroxylation is 2. The molecule has 0 saturated carbocycles. The smallest absolute Gasteiger partial charge is 0.272 e. The third kappa shape index (κ3) is 6.19. The van der Waals surface area contributed by atoms with Crippen LogP contribution in [0.1, 0.15) is 46.6 Å². The molecule has 2 fully saturated rings. The molecule has 2 aliphatic rings. The first kappa shape index (κ1) is 27.3. The SMILES string of the molecule is Cc1c(CCc2ccc(Cl)c(Cl)c2)ncnc1C(=O)N1CCC(N2CC[C@H](N(C)S(C)(=O)=O)C2)CC1. The number of likely N-dealkylation sites (tertiary alicyclic amines) is 2. The monoisotopic (exact) mass is 553 g/mol. The number of aromatic nitrogens is 2. The van der Waals surface area contributed by atoms with Gasteiger partial charge in [-0.3, -0.25) is 9.69 Å². The van der Waals surface area contributed by atoms with E-state index in [9.17, 15) is 13.2 Å². The van der Waals surface area contributed by atoms with Crippen LogP contribution in [0.15, 0.2) is 24.5 Å². The van der Waals surface area contributed by atoms with Crippen molar-refractivity contribution in [3.8, 4) is 0 Å². The zero-order valence-corrected chi connectivity index (χ0v) is 23.3. The first-order chi connectivity index (χ1) is 17.0. The lowest BCUT2D eigenvalue weighted by atomic mass is 10.0. The van der Waals surface area contributed by atoms with Gasteiger partial charge in [0.2, 0.25) is 10.0 Å². The van der Waals surface area contributed by atoms with Gasteiger partial charge in [-0.05, 0) is 56.7 Å². The van der Waals surface area contributed by atoms with Crippen LogP contribution in [-0.4, -0.2) is 90.0 Å². The molecule has 11 heteroatoms. The second-order valence-corrected chi connectivity index (χ2v) is 12.6. The summed E-state index contributed by atoms with van der Waals surface area (Å²) in [6, 6.07) is 5.98. The minimum atomic E-state index is -3.19. The standard InChI is InChI=1S/C25H33Cl2N5O3S/c1-17-23(7-5-18-4-6-21(26)22(27)14-18)28-16-29-24(17)25(33)31-11-8-19(9-12-31)32-13-10-20(15-32)30(2)36(3,34)35/h4,6,14,16,19-20H,5,7-13,15H2,1-3H3/t20-/m0/s1. The Bertz CT molecular complexity index is 1220. The number of nitrogens with zero attached hydrogens (tertiary/aromatic N) is 5. The first-order valence-corrected chi connectivity index (χ1v) is 14.9. The summed E-state index contributed by atoms with van der Waals surface area (Å²) in [6.45, 7) is 4.86. The van der Waals surface area contributed by atoms with Crippen LogP contribution in [0.2, 0.25) is 10.0 Å². The van der Waals surface area contributed by atoms with Gasteiger partial charge in [0.1, 0.15) is 12.0 Å². The molecule has 2 saturated heterocycles. The van der Waals surface area contributed by atoms with Crippen LogP contribution in [0.5, 0.6) is 0 Å². The summed E-state index contributed by atoms with van der Waals surface area (Å²) in [4.78, 5) is 26.3. The molecule has 0 aliphatic carbocycles. The van der Waals surface area contributed by atoms with Gasteiger partial charge in [-0.1, -0.05) is 29.3 Å². The fraction of sp³-hybridized carbons (Fsp3) is 0.560. The zero-order chi connectivity index (χ0) is 26.0. The van der Waals surface area contributed by atoms with E-state index in [0.717, 1.165) is 55.6 Å². The fourth-order valence-corrected chi connectivity index (χ4v) is 6.20. The number of piperidine rings is 1. The molecule has 0 N–H and O–H groups in total. The second-order valence-electron chi connectivity index (χ2n) is 9.78. The van der Waals surface area contributed by atoms with Gasteiger partial charge < -0.3 is 4.90 Å². The fourth-order valence-electron chi connectivity index (χ4n) is 5.16. The highest BCUT2D eigenvalue weighted by molar-refractivity contribution is 7.88. The lowest BCUT2D eigenvalue weighted by Gasteiger charge is -2.37. The van der Waals surface area contributed by atoms with E-state index in [-0.39, 0.29) is 11.9 Å². The van der Waals surface area contributed by atoms with Crippen molar-refractivity contribution in [1.29, 1.82) is 0 Å². The Labute approximate surface area is 223 Å². The third-order valence-corrected chi connectivity index (χ3v) is 9.61. The van der Waals surface area contributed by atoms with E-state index in [2.05, 4.69) is 14.9 Å².